The fourth-order valence-corrected chi connectivity index (χ4v) is 3.48. The van der Waals surface area contributed by atoms with Crippen LogP contribution in [0.25, 0.3) is 0 Å². The van der Waals surface area contributed by atoms with Crippen molar-refractivity contribution in [2.24, 2.45) is 0 Å². The standard InChI is InChI=1S/C18H32N2O4/c1-17(2,3)23-15(21)19-11-7-9-13(19)14-10-8-12-20(14)16(22)24-18(4,5)6/h13-14H,7-12H2,1-6H3/t13-,14-/m1/s1. The molecular weight excluding hydrogens is 308 g/mol. The van der Waals surface area contributed by atoms with Gasteiger partial charge in [0.25, 0.3) is 0 Å². The van der Waals surface area contributed by atoms with Gasteiger partial charge in [-0.25, -0.2) is 9.59 Å². The van der Waals surface area contributed by atoms with Crippen LogP contribution in [0.2, 0.25) is 0 Å². The molecule has 138 valence electrons. The van der Waals surface area contributed by atoms with Crippen LogP contribution in [0, 0.1) is 0 Å². The molecule has 2 atom stereocenters. The van der Waals surface area contributed by atoms with Crippen LogP contribution in [0.15, 0.2) is 0 Å². The second kappa shape index (κ2) is 6.81. The lowest BCUT2D eigenvalue weighted by Crippen LogP contribution is -2.51. The van der Waals surface area contributed by atoms with Gasteiger partial charge >= 0.3 is 12.2 Å². The van der Waals surface area contributed by atoms with E-state index in [2.05, 4.69) is 0 Å². The van der Waals surface area contributed by atoms with E-state index in [1.54, 1.807) is 9.80 Å². The van der Waals surface area contributed by atoms with Gasteiger partial charge in [-0.1, -0.05) is 0 Å². The Labute approximate surface area is 145 Å². The zero-order valence-electron chi connectivity index (χ0n) is 15.9. The maximum absolute atomic E-state index is 12.5. The summed E-state index contributed by atoms with van der Waals surface area (Å²) in [4.78, 5) is 28.6. The van der Waals surface area contributed by atoms with Crippen molar-refractivity contribution in [2.45, 2.75) is 90.5 Å². The predicted molar refractivity (Wildman–Crippen MR) is 91.9 cm³/mol. The Bertz CT molecular complexity index is 434. The Morgan fingerprint density at radius 1 is 0.750 bits per heavy atom. The summed E-state index contributed by atoms with van der Waals surface area (Å²) in [5, 5.41) is 0. The first-order chi connectivity index (χ1) is 11.0. The molecule has 2 rings (SSSR count). The number of nitrogens with zero attached hydrogens (tertiary/aromatic N) is 2. The van der Waals surface area contributed by atoms with Crippen LogP contribution in [0.5, 0.6) is 0 Å². The van der Waals surface area contributed by atoms with E-state index < -0.39 is 11.2 Å². The van der Waals surface area contributed by atoms with Crippen molar-refractivity contribution in [1.82, 2.24) is 9.80 Å². The third kappa shape index (κ3) is 4.77. The fourth-order valence-electron chi connectivity index (χ4n) is 3.48. The van der Waals surface area contributed by atoms with E-state index in [0.717, 1.165) is 25.7 Å². The first kappa shape index (κ1) is 18.9. The van der Waals surface area contributed by atoms with Crippen LogP contribution in [-0.2, 0) is 9.47 Å². The molecule has 0 aliphatic carbocycles. The molecule has 2 amide bonds. The van der Waals surface area contributed by atoms with Gasteiger partial charge in [-0.05, 0) is 67.2 Å². The van der Waals surface area contributed by atoms with Gasteiger partial charge in [0, 0.05) is 13.1 Å². The lowest BCUT2D eigenvalue weighted by atomic mass is 10.0. The highest BCUT2D eigenvalue weighted by atomic mass is 16.6. The largest absolute Gasteiger partial charge is 0.444 e. The highest BCUT2D eigenvalue weighted by molar-refractivity contribution is 5.71. The molecular formula is C18H32N2O4. The molecule has 2 fully saturated rings. The van der Waals surface area contributed by atoms with E-state index in [1.807, 2.05) is 41.5 Å². The topological polar surface area (TPSA) is 59.1 Å². The SMILES string of the molecule is CC(C)(C)OC(=O)N1CCC[C@@H]1[C@H]1CCCN1C(=O)OC(C)(C)C. The van der Waals surface area contributed by atoms with E-state index in [9.17, 15) is 9.59 Å². The van der Waals surface area contributed by atoms with Gasteiger partial charge in [-0.15, -0.1) is 0 Å². The predicted octanol–water partition coefficient (Wildman–Crippen LogP) is 3.79. The Balaban J connectivity index is 2.07. The lowest BCUT2D eigenvalue weighted by molar-refractivity contribution is 0.00230. The van der Waals surface area contributed by atoms with Gasteiger partial charge in [0.15, 0.2) is 0 Å². The number of likely N-dealkylation sites (tertiary alicyclic amines) is 2. The zero-order valence-corrected chi connectivity index (χ0v) is 15.9. The summed E-state index contributed by atoms with van der Waals surface area (Å²) in [6.45, 7) is 12.6. The molecule has 0 aromatic rings. The molecule has 2 aliphatic rings. The summed E-state index contributed by atoms with van der Waals surface area (Å²) in [7, 11) is 0. The molecule has 0 radical (unpaired) electrons. The molecule has 0 N–H and O–H groups in total. The molecule has 24 heavy (non-hydrogen) atoms. The first-order valence-electron chi connectivity index (χ1n) is 8.97. The van der Waals surface area contributed by atoms with Gasteiger partial charge in [0.05, 0.1) is 12.1 Å². The third-order valence-corrected chi connectivity index (χ3v) is 4.30. The molecule has 0 unspecified atom stereocenters. The van der Waals surface area contributed by atoms with Gasteiger partial charge in [0.2, 0.25) is 0 Å². The zero-order chi connectivity index (χ0) is 18.1. The minimum absolute atomic E-state index is 0.0230. The Morgan fingerprint density at radius 3 is 1.38 bits per heavy atom. The van der Waals surface area contributed by atoms with Crippen LogP contribution in [0.1, 0.15) is 67.2 Å². The van der Waals surface area contributed by atoms with Crippen LogP contribution >= 0.6 is 0 Å². The van der Waals surface area contributed by atoms with E-state index >= 15 is 0 Å². The van der Waals surface area contributed by atoms with Gasteiger partial charge in [-0.2, -0.15) is 0 Å². The van der Waals surface area contributed by atoms with Gasteiger partial charge in [0.1, 0.15) is 11.2 Å². The maximum Gasteiger partial charge on any atom is 0.410 e. The summed E-state index contributed by atoms with van der Waals surface area (Å²) in [6.07, 6.45) is 3.15. The summed E-state index contributed by atoms with van der Waals surface area (Å²) >= 11 is 0. The highest BCUT2D eigenvalue weighted by Gasteiger charge is 2.43. The molecule has 2 heterocycles. The second-order valence-electron chi connectivity index (χ2n) is 8.77. The number of hydrogen-bond donors (Lipinski definition) is 0. The summed E-state index contributed by atoms with van der Waals surface area (Å²) in [6, 6.07) is 0.0461. The molecule has 0 spiro atoms. The van der Waals surface area contributed by atoms with Crippen molar-refractivity contribution in [2.75, 3.05) is 13.1 Å². The van der Waals surface area contributed by atoms with Crippen molar-refractivity contribution >= 4 is 12.2 Å². The van der Waals surface area contributed by atoms with Gasteiger partial charge < -0.3 is 19.3 Å². The summed E-state index contributed by atoms with van der Waals surface area (Å²) in [5.74, 6) is 0. The molecule has 0 aromatic carbocycles. The number of ether oxygens (including phenoxy) is 2. The van der Waals surface area contributed by atoms with E-state index in [1.165, 1.54) is 0 Å². The third-order valence-electron chi connectivity index (χ3n) is 4.30. The van der Waals surface area contributed by atoms with Crippen LogP contribution < -0.4 is 0 Å². The van der Waals surface area contributed by atoms with E-state index in [4.69, 9.17) is 9.47 Å². The van der Waals surface area contributed by atoms with Gasteiger partial charge in [-0.3, -0.25) is 0 Å². The van der Waals surface area contributed by atoms with Crippen molar-refractivity contribution in [3.8, 4) is 0 Å². The molecule has 6 nitrogen and oxygen atoms in total. The molecule has 0 saturated carbocycles. The normalized spacial score (nSPS) is 25.1. The fraction of sp³-hybridized carbons (Fsp3) is 0.889. The van der Waals surface area contributed by atoms with Crippen LogP contribution in [-0.4, -0.2) is 58.4 Å². The monoisotopic (exact) mass is 340 g/mol. The highest BCUT2D eigenvalue weighted by Crippen LogP contribution is 2.32. The van der Waals surface area contributed by atoms with E-state index in [-0.39, 0.29) is 24.3 Å². The molecule has 0 bridgehead atoms. The quantitative estimate of drug-likeness (QED) is 0.729. The minimum Gasteiger partial charge on any atom is -0.444 e. The number of amides is 2. The van der Waals surface area contributed by atoms with Crippen molar-refractivity contribution in [1.29, 1.82) is 0 Å². The average molecular weight is 340 g/mol. The molecule has 2 aliphatic heterocycles. The van der Waals surface area contributed by atoms with Crippen molar-refractivity contribution < 1.29 is 19.1 Å². The summed E-state index contributed by atoms with van der Waals surface area (Å²) in [5.41, 5.74) is -1.02. The summed E-state index contributed by atoms with van der Waals surface area (Å²) < 4.78 is 11.1. The lowest BCUT2D eigenvalue weighted by Gasteiger charge is -2.36. The van der Waals surface area contributed by atoms with Crippen LogP contribution in [0.3, 0.4) is 0 Å². The number of carbonyl (C=O) groups is 2. The Hall–Kier alpha value is -1.46. The van der Waals surface area contributed by atoms with E-state index in [0.29, 0.717) is 13.1 Å². The second-order valence-corrected chi connectivity index (χ2v) is 8.77. The first-order valence-corrected chi connectivity index (χ1v) is 8.97. The number of carbonyl (C=O) groups excluding carboxylic acids is 2. The molecule has 0 aromatic heterocycles. The minimum atomic E-state index is -0.509. The Morgan fingerprint density at radius 2 is 1.08 bits per heavy atom. The maximum atomic E-state index is 12.5. The van der Waals surface area contributed by atoms with Crippen LogP contribution in [0.4, 0.5) is 9.59 Å². The molecule has 2 saturated heterocycles. The molecule has 6 heteroatoms. The smallest absolute Gasteiger partial charge is 0.410 e. The Kier molecular flexibility index (Phi) is 5.35. The van der Waals surface area contributed by atoms with Crippen molar-refractivity contribution in [3.05, 3.63) is 0 Å². The average Bonchev–Trinajstić information content (AvgIpc) is 3.03. The number of rotatable bonds is 1. The number of hydrogen-bond acceptors (Lipinski definition) is 4. The van der Waals surface area contributed by atoms with Crippen molar-refractivity contribution in [3.63, 3.8) is 0 Å².